The molecule has 2 fully saturated rings. The van der Waals surface area contributed by atoms with Crippen molar-refractivity contribution in [1.29, 1.82) is 0 Å². The number of nitrogens with two attached hydrogens (primary N) is 1. The quantitative estimate of drug-likeness (QED) is 0.835. The van der Waals surface area contributed by atoms with E-state index < -0.39 is 0 Å². The van der Waals surface area contributed by atoms with Crippen molar-refractivity contribution in [3.05, 3.63) is 0 Å². The molecule has 106 valence electrons. The van der Waals surface area contributed by atoms with Gasteiger partial charge in [0.2, 0.25) is 0 Å². The highest BCUT2D eigenvalue weighted by Gasteiger charge is 2.33. The van der Waals surface area contributed by atoms with Crippen LogP contribution in [0.5, 0.6) is 0 Å². The minimum atomic E-state index is 0.410. The second-order valence-electron chi connectivity index (χ2n) is 6.52. The zero-order valence-electron chi connectivity index (χ0n) is 12.3. The van der Waals surface area contributed by atoms with Gasteiger partial charge in [-0.05, 0) is 46.3 Å². The molecule has 1 aliphatic heterocycles. The third kappa shape index (κ3) is 3.69. The predicted octanol–water partition coefficient (Wildman–Crippen LogP) is 2.06. The van der Waals surface area contributed by atoms with Crippen LogP contribution in [0.25, 0.3) is 0 Å². The Bertz CT molecular complexity index is 242. The van der Waals surface area contributed by atoms with E-state index in [1.807, 2.05) is 0 Å². The fourth-order valence-corrected chi connectivity index (χ4v) is 3.82. The van der Waals surface area contributed by atoms with Gasteiger partial charge in [-0.15, -0.1) is 0 Å². The van der Waals surface area contributed by atoms with E-state index in [1.165, 1.54) is 64.5 Å². The number of hydrogen-bond donors (Lipinski definition) is 1. The standard InChI is InChI=1S/C15H31N3/c1-17(2)12-13-8-7-11-18(13)15-10-6-4-3-5-9-14(15)16/h13-15H,3-12,16H2,1-2H3. The molecule has 0 aromatic carbocycles. The Morgan fingerprint density at radius 1 is 1.00 bits per heavy atom. The average molecular weight is 253 g/mol. The third-order valence-electron chi connectivity index (χ3n) is 4.71. The summed E-state index contributed by atoms with van der Waals surface area (Å²) in [5.41, 5.74) is 6.47. The molecule has 1 heterocycles. The molecule has 0 radical (unpaired) electrons. The van der Waals surface area contributed by atoms with Crippen LogP contribution in [0.1, 0.15) is 51.4 Å². The SMILES string of the molecule is CN(C)CC1CCCN1C1CCCCCCC1N. The van der Waals surface area contributed by atoms with E-state index >= 15 is 0 Å². The molecule has 0 bridgehead atoms. The van der Waals surface area contributed by atoms with Crippen molar-refractivity contribution in [3.63, 3.8) is 0 Å². The van der Waals surface area contributed by atoms with Crippen molar-refractivity contribution < 1.29 is 0 Å². The molecule has 3 nitrogen and oxygen atoms in total. The van der Waals surface area contributed by atoms with Crippen molar-refractivity contribution in [2.75, 3.05) is 27.2 Å². The van der Waals surface area contributed by atoms with Gasteiger partial charge in [0.25, 0.3) is 0 Å². The van der Waals surface area contributed by atoms with Gasteiger partial charge in [-0.3, -0.25) is 4.90 Å². The van der Waals surface area contributed by atoms with E-state index in [2.05, 4.69) is 23.9 Å². The average Bonchev–Trinajstić information content (AvgIpc) is 2.71. The van der Waals surface area contributed by atoms with Gasteiger partial charge >= 0.3 is 0 Å². The third-order valence-corrected chi connectivity index (χ3v) is 4.71. The Hall–Kier alpha value is -0.120. The van der Waals surface area contributed by atoms with Gasteiger partial charge in [0.1, 0.15) is 0 Å². The Kier molecular flexibility index (Phi) is 5.46. The number of likely N-dealkylation sites (tertiary alicyclic amines) is 1. The van der Waals surface area contributed by atoms with E-state index in [9.17, 15) is 0 Å². The molecule has 3 heteroatoms. The Labute approximate surface area is 113 Å². The van der Waals surface area contributed by atoms with Gasteiger partial charge < -0.3 is 10.6 Å². The molecule has 2 rings (SSSR count). The summed E-state index contributed by atoms with van der Waals surface area (Å²) >= 11 is 0. The molecule has 0 spiro atoms. The smallest absolute Gasteiger partial charge is 0.0250 e. The Morgan fingerprint density at radius 3 is 2.44 bits per heavy atom. The van der Waals surface area contributed by atoms with E-state index in [1.54, 1.807) is 0 Å². The predicted molar refractivity (Wildman–Crippen MR) is 77.7 cm³/mol. The monoisotopic (exact) mass is 253 g/mol. The van der Waals surface area contributed by atoms with Crippen molar-refractivity contribution in [1.82, 2.24) is 9.80 Å². The van der Waals surface area contributed by atoms with Crippen LogP contribution in [0.3, 0.4) is 0 Å². The minimum absolute atomic E-state index is 0.410. The van der Waals surface area contributed by atoms with Crippen LogP contribution in [0.2, 0.25) is 0 Å². The van der Waals surface area contributed by atoms with E-state index in [0.29, 0.717) is 12.1 Å². The van der Waals surface area contributed by atoms with E-state index in [4.69, 9.17) is 5.73 Å². The molecular formula is C15H31N3. The maximum atomic E-state index is 6.47. The molecular weight excluding hydrogens is 222 g/mol. The van der Waals surface area contributed by atoms with Crippen molar-refractivity contribution in [2.45, 2.75) is 69.5 Å². The molecule has 0 aromatic rings. The first-order valence-electron chi connectivity index (χ1n) is 7.84. The van der Waals surface area contributed by atoms with Crippen LogP contribution < -0.4 is 5.73 Å². The second kappa shape index (κ2) is 6.88. The number of likely N-dealkylation sites (N-methyl/N-ethyl adjacent to an activating group) is 1. The van der Waals surface area contributed by atoms with Crippen LogP contribution in [-0.4, -0.2) is 55.1 Å². The van der Waals surface area contributed by atoms with Crippen LogP contribution in [0.15, 0.2) is 0 Å². The summed E-state index contributed by atoms with van der Waals surface area (Å²) < 4.78 is 0. The molecule has 2 aliphatic rings. The fourth-order valence-electron chi connectivity index (χ4n) is 3.82. The topological polar surface area (TPSA) is 32.5 Å². The lowest BCUT2D eigenvalue weighted by atomic mass is 9.91. The van der Waals surface area contributed by atoms with E-state index in [-0.39, 0.29) is 0 Å². The molecule has 1 saturated heterocycles. The first kappa shape index (κ1) is 14.3. The zero-order chi connectivity index (χ0) is 13.0. The van der Waals surface area contributed by atoms with Gasteiger partial charge in [-0.1, -0.05) is 25.7 Å². The van der Waals surface area contributed by atoms with Crippen LogP contribution >= 0.6 is 0 Å². The van der Waals surface area contributed by atoms with Gasteiger partial charge in [0, 0.05) is 24.7 Å². The summed E-state index contributed by atoms with van der Waals surface area (Å²) in [6.07, 6.45) is 10.8. The Morgan fingerprint density at radius 2 is 1.72 bits per heavy atom. The lowest BCUT2D eigenvalue weighted by molar-refractivity contribution is 0.117. The maximum absolute atomic E-state index is 6.47. The summed E-state index contributed by atoms with van der Waals surface area (Å²) in [5.74, 6) is 0. The first-order valence-corrected chi connectivity index (χ1v) is 7.84. The van der Waals surface area contributed by atoms with Gasteiger partial charge in [-0.25, -0.2) is 0 Å². The van der Waals surface area contributed by atoms with Gasteiger partial charge in [-0.2, -0.15) is 0 Å². The molecule has 1 aliphatic carbocycles. The zero-order valence-corrected chi connectivity index (χ0v) is 12.3. The summed E-state index contributed by atoms with van der Waals surface area (Å²) in [6.45, 7) is 2.47. The van der Waals surface area contributed by atoms with Crippen molar-refractivity contribution in [2.24, 2.45) is 5.73 Å². The molecule has 0 aromatic heterocycles. The molecule has 3 atom stereocenters. The van der Waals surface area contributed by atoms with Crippen LogP contribution in [0, 0.1) is 0 Å². The summed E-state index contributed by atoms with van der Waals surface area (Å²) in [5, 5.41) is 0. The van der Waals surface area contributed by atoms with E-state index in [0.717, 1.165) is 6.04 Å². The minimum Gasteiger partial charge on any atom is -0.326 e. The summed E-state index contributed by atoms with van der Waals surface area (Å²) in [6, 6.07) is 1.81. The van der Waals surface area contributed by atoms with Crippen LogP contribution in [0.4, 0.5) is 0 Å². The second-order valence-corrected chi connectivity index (χ2v) is 6.52. The van der Waals surface area contributed by atoms with Crippen molar-refractivity contribution in [3.8, 4) is 0 Å². The summed E-state index contributed by atoms with van der Waals surface area (Å²) in [7, 11) is 4.38. The number of rotatable bonds is 3. The normalized spacial score (nSPS) is 35.7. The lowest BCUT2D eigenvalue weighted by Gasteiger charge is -2.38. The van der Waals surface area contributed by atoms with Crippen molar-refractivity contribution >= 4 is 0 Å². The largest absolute Gasteiger partial charge is 0.326 e. The summed E-state index contributed by atoms with van der Waals surface area (Å²) in [4.78, 5) is 5.08. The number of nitrogens with zero attached hydrogens (tertiary/aromatic N) is 2. The van der Waals surface area contributed by atoms with Gasteiger partial charge in [0.15, 0.2) is 0 Å². The molecule has 1 saturated carbocycles. The molecule has 0 amide bonds. The molecule has 2 N–H and O–H groups in total. The molecule has 3 unspecified atom stereocenters. The highest BCUT2D eigenvalue weighted by molar-refractivity contribution is 4.91. The fraction of sp³-hybridized carbons (Fsp3) is 1.00. The maximum Gasteiger partial charge on any atom is 0.0250 e. The highest BCUT2D eigenvalue weighted by Crippen LogP contribution is 2.27. The van der Waals surface area contributed by atoms with Crippen LogP contribution in [-0.2, 0) is 0 Å². The molecule has 18 heavy (non-hydrogen) atoms. The first-order chi connectivity index (χ1) is 8.68. The lowest BCUT2D eigenvalue weighted by Crippen LogP contribution is -2.52. The number of hydrogen-bond acceptors (Lipinski definition) is 3. The highest BCUT2D eigenvalue weighted by atomic mass is 15.2. The van der Waals surface area contributed by atoms with Gasteiger partial charge in [0.05, 0.1) is 0 Å². The Balaban J connectivity index is 1.97.